The van der Waals surface area contributed by atoms with Gasteiger partial charge in [0.15, 0.2) is 5.50 Å². The molecule has 0 aliphatic rings. The molecule has 0 radical (unpaired) electrons. The Labute approximate surface area is 106 Å². The van der Waals surface area contributed by atoms with E-state index < -0.39 is 16.3 Å². The predicted octanol–water partition coefficient (Wildman–Crippen LogP) is 4.45. The lowest BCUT2D eigenvalue weighted by Crippen LogP contribution is -2.09. The minimum atomic E-state index is -1.50. The molecule has 1 aromatic carbocycles. The first kappa shape index (κ1) is 14.4. The van der Waals surface area contributed by atoms with E-state index >= 15 is 0 Å². The van der Waals surface area contributed by atoms with Crippen LogP contribution in [0.25, 0.3) is 0 Å². The second-order valence-corrected chi connectivity index (χ2v) is 5.80. The van der Waals surface area contributed by atoms with Gasteiger partial charge in [-0.15, -0.1) is 0 Å². The van der Waals surface area contributed by atoms with E-state index in [1.807, 2.05) is 6.07 Å². The summed E-state index contributed by atoms with van der Waals surface area (Å²) in [5.74, 6) is 0. The van der Waals surface area contributed by atoms with E-state index in [1.165, 1.54) is 12.8 Å². The number of rotatable bonds is 8. The Hall–Kier alpha value is -0.700. The molecule has 0 aliphatic heterocycles. The van der Waals surface area contributed by atoms with Crippen LogP contribution in [-0.2, 0) is 10.8 Å². The smallest absolute Gasteiger partial charge is 0.179 e. The molecule has 0 bridgehead atoms. The molecule has 0 aliphatic carbocycles. The molecular formula is C14H21FOS. The zero-order chi connectivity index (χ0) is 12.5. The lowest BCUT2D eigenvalue weighted by Gasteiger charge is -2.08. The summed E-state index contributed by atoms with van der Waals surface area (Å²) in [4.78, 5) is 0.591. The van der Waals surface area contributed by atoms with Crippen molar-refractivity contribution in [3.63, 3.8) is 0 Å². The SMILES string of the molecule is CCCCCCCC(F)S(=O)c1ccccc1. The maximum atomic E-state index is 13.7. The third-order valence-corrected chi connectivity index (χ3v) is 4.18. The Balaban J connectivity index is 2.28. The predicted molar refractivity (Wildman–Crippen MR) is 71.1 cm³/mol. The van der Waals surface area contributed by atoms with E-state index in [0.717, 1.165) is 19.3 Å². The second kappa shape index (κ2) is 8.40. The van der Waals surface area contributed by atoms with Gasteiger partial charge in [0.1, 0.15) is 0 Å². The molecular weight excluding hydrogens is 235 g/mol. The molecule has 2 unspecified atom stereocenters. The second-order valence-electron chi connectivity index (χ2n) is 4.22. The van der Waals surface area contributed by atoms with Crippen molar-refractivity contribution in [1.29, 1.82) is 0 Å². The molecule has 0 saturated heterocycles. The van der Waals surface area contributed by atoms with Crippen molar-refractivity contribution >= 4 is 10.8 Å². The van der Waals surface area contributed by atoms with E-state index in [1.54, 1.807) is 24.3 Å². The van der Waals surface area contributed by atoms with E-state index in [9.17, 15) is 8.60 Å². The van der Waals surface area contributed by atoms with E-state index in [0.29, 0.717) is 11.3 Å². The zero-order valence-electron chi connectivity index (χ0n) is 10.4. The Morgan fingerprint density at radius 1 is 1.12 bits per heavy atom. The Morgan fingerprint density at radius 2 is 1.76 bits per heavy atom. The Morgan fingerprint density at radius 3 is 2.41 bits per heavy atom. The lowest BCUT2D eigenvalue weighted by molar-refractivity contribution is 0.400. The van der Waals surface area contributed by atoms with Gasteiger partial charge in [-0.25, -0.2) is 4.39 Å². The zero-order valence-corrected chi connectivity index (χ0v) is 11.2. The highest BCUT2D eigenvalue weighted by molar-refractivity contribution is 7.85. The fraction of sp³-hybridized carbons (Fsp3) is 0.571. The van der Waals surface area contributed by atoms with E-state index in [4.69, 9.17) is 0 Å². The van der Waals surface area contributed by atoms with Crippen molar-refractivity contribution in [3.8, 4) is 0 Å². The number of alkyl halides is 1. The first-order valence-electron chi connectivity index (χ1n) is 6.35. The number of hydrogen-bond acceptors (Lipinski definition) is 1. The Bertz CT molecular complexity index is 326. The van der Waals surface area contributed by atoms with Crippen molar-refractivity contribution < 1.29 is 8.60 Å². The van der Waals surface area contributed by atoms with Gasteiger partial charge in [-0.05, 0) is 25.0 Å². The Kier molecular flexibility index (Phi) is 7.10. The molecule has 0 spiro atoms. The highest BCUT2D eigenvalue weighted by atomic mass is 32.2. The molecule has 1 aromatic rings. The summed E-state index contributed by atoms with van der Waals surface area (Å²) in [6.07, 6.45) is 5.83. The van der Waals surface area contributed by atoms with Crippen LogP contribution in [0, 0.1) is 0 Å². The number of benzene rings is 1. The molecule has 0 fully saturated rings. The van der Waals surface area contributed by atoms with Crippen molar-refractivity contribution in [2.75, 3.05) is 0 Å². The third-order valence-electron chi connectivity index (χ3n) is 2.74. The van der Waals surface area contributed by atoms with Crippen molar-refractivity contribution in [3.05, 3.63) is 30.3 Å². The topological polar surface area (TPSA) is 17.1 Å². The summed E-state index contributed by atoms with van der Waals surface area (Å²) in [7, 11) is -1.50. The van der Waals surface area contributed by atoms with Gasteiger partial charge in [-0.3, -0.25) is 4.21 Å². The lowest BCUT2D eigenvalue weighted by atomic mass is 10.1. The van der Waals surface area contributed by atoms with Crippen LogP contribution in [0.2, 0.25) is 0 Å². The summed E-state index contributed by atoms with van der Waals surface area (Å²) in [5, 5.41) is 0. The van der Waals surface area contributed by atoms with Crippen LogP contribution in [0.4, 0.5) is 4.39 Å². The number of unbranched alkanes of at least 4 members (excludes halogenated alkanes) is 4. The van der Waals surface area contributed by atoms with Crippen molar-refractivity contribution in [1.82, 2.24) is 0 Å². The van der Waals surface area contributed by atoms with Gasteiger partial charge in [0, 0.05) is 4.90 Å². The van der Waals surface area contributed by atoms with Gasteiger partial charge in [0.25, 0.3) is 0 Å². The van der Waals surface area contributed by atoms with Crippen LogP contribution in [0.1, 0.15) is 45.4 Å². The first-order valence-corrected chi connectivity index (χ1v) is 7.56. The molecule has 2 atom stereocenters. The van der Waals surface area contributed by atoms with Gasteiger partial charge >= 0.3 is 0 Å². The van der Waals surface area contributed by atoms with Crippen LogP contribution >= 0.6 is 0 Å². The highest BCUT2D eigenvalue weighted by Crippen LogP contribution is 2.17. The summed E-state index contributed by atoms with van der Waals surface area (Å²) in [5.41, 5.74) is -1.22. The normalized spacial score (nSPS) is 14.5. The minimum absolute atomic E-state index is 0.408. The van der Waals surface area contributed by atoms with Gasteiger partial charge in [-0.2, -0.15) is 0 Å². The molecule has 0 aromatic heterocycles. The molecule has 0 heterocycles. The molecule has 17 heavy (non-hydrogen) atoms. The molecule has 0 saturated carbocycles. The monoisotopic (exact) mass is 256 g/mol. The van der Waals surface area contributed by atoms with Gasteiger partial charge in [-0.1, -0.05) is 50.8 Å². The van der Waals surface area contributed by atoms with E-state index in [-0.39, 0.29) is 0 Å². The summed E-state index contributed by atoms with van der Waals surface area (Å²) < 4.78 is 25.5. The fourth-order valence-electron chi connectivity index (χ4n) is 1.72. The van der Waals surface area contributed by atoms with Crippen LogP contribution < -0.4 is 0 Å². The molecule has 0 N–H and O–H groups in total. The number of hydrogen-bond donors (Lipinski definition) is 0. The van der Waals surface area contributed by atoms with Crippen LogP contribution in [0.3, 0.4) is 0 Å². The molecule has 1 nitrogen and oxygen atoms in total. The number of halogens is 1. The average Bonchev–Trinajstić information content (AvgIpc) is 2.38. The quantitative estimate of drug-likeness (QED) is 0.628. The van der Waals surface area contributed by atoms with Gasteiger partial charge in [0.05, 0.1) is 10.8 Å². The van der Waals surface area contributed by atoms with Crippen molar-refractivity contribution in [2.24, 2.45) is 0 Å². The van der Waals surface area contributed by atoms with Crippen LogP contribution in [0.15, 0.2) is 35.2 Å². The first-order chi connectivity index (χ1) is 8.25. The maximum absolute atomic E-state index is 13.7. The molecule has 1 rings (SSSR count). The summed E-state index contributed by atoms with van der Waals surface area (Å²) in [6, 6.07) is 8.88. The van der Waals surface area contributed by atoms with Gasteiger partial charge in [0.2, 0.25) is 0 Å². The van der Waals surface area contributed by atoms with Crippen LogP contribution in [0.5, 0.6) is 0 Å². The fourth-order valence-corrected chi connectivity index (χ4v) is 2.82. The maximum Gasteiger partial charge on any atom is 0.179 e. The molecule has 96 valence electrons. The van der Waals surface area contributed by atoms with E-state index in [2.05, 4.69) is 6.92 Å². The standard InChI is InChI=1S/C14H21FOS/c1-2-3-4-5-9-12-14(15)17(16)13-10-7-6-8-11-13/h6-8,10-11,14H,2-5,9,12H2,1H3. The largest absolute Gasteiger partial charge is 0.251 e. The average molecular weight is 256 g/mol. The third kappa shape index (κ3) is 5.44. The molecule has 0 amide bonds. The van der Waals surface area contributed by atoms with Crippen molar-refractivity contribution in [2.45, 2.75) is 55.8 Å². The van der Waals surface area contributed by atoms with Gasteiger partial charge < -0.3 is 0 Å². The molecule has 3 heteroatoms. The van der Waals surface area contributed by atoms with Crippen LogP contribution in [-0.4, -0.2) is 9.71 Å². The summed E-state index contributed by atoms with van der Waals surface area (Å²) in [6.45, 7) is 2.16. The minimum Gasteiger partial charge on any atom is -0.251 e. The highest BCUT2D eigenvalue weighted by Gasteiger charge is 2.16. The summed E-state index contributed by atoms with van der Waals surface area (Å²) >= 11 is 0.